The van der Waals surface area contributed by atoms with E-state index < -0.39 is 0 Å². The molecule has 1 amide bonds. The van der Waals surface area contributed by atoms with Crippen LogP contribution >= 0.6 is 0 Å². The molecule has 1 aromatic heterocycles. The van der Waals surface area contributed by atoms with Gasteiger partial charge in [-0.25, -0.2) is 9.97 Å². The average Bonchev–Trinajstić information content (AvgIpc) is 2.57. The molecular weight excluding hydrogens is 300 g/mol. The second kappa shape index (κ2) is 6.50. The smallest absolute Gasteiger partial charge is 0.247 e. The normalized spacial score (nSPS) is 10.4. The molecule has 1 heterocycles. The van der Waals surface area contributed by atoms with E-state index in [9.17, 15) is 4.79 Å². The predicted molar refractivity (Wildman–Crippen MR) is 97.6 cm³/mol. The van der Waals surface area contributed by atoms with Crippen LogP contribution in [0.5, 0.6) is 0 Å². The van der Waals surface area contributed by atoms with Gasteiger partial charge in [-0.1, -0.05) is 12.6 Å². The van der Waals surface area contributed by atoms with E-state index in [0.29, 0.717) is 5.69 Å². The highest BCUT2D eigenvalue weighted by molar-refractivity contribution is 5.99. The van der Waals surface area contributed by atoms with Gasteiger partial charge in [0.1, 0.15) is 12.1 Å². The molecular formula is C19H18N4O. The van der Waals surface area contributed by atoms with Gasteiger partial charge in [0.2, 0.25) is 5.91 Å². The average molecular weight is 318 g/mol. The maximum Gasteiger partial charge on any atom is 0.247 e. The second-order valence-corrected chi connectivity index (χ2v) is 5.58. The molecule has 0 saturated carbocycles. The fraction of sp³-hybridized carbons (Fsp3) is 0.105. The Morgan fingerprint density at radius 3 is 2.62 bits per heavy atom. The van der Waals surface area contributed by atoms with Crippen LogP contribution in [0.3, 0.4) is 0 Å². The van der Waals surface area contributed by atoms with Crippen molar-refractivity contribution in [3.05, 3.63) is 66.5 Å². The van der Waals surface area contributed by atoms with E-state index in [4.69, 9.17) is 0 Å². The van der Waals surface area contributed by atoms with Gasteiger partial charge >= 0.3 is 0 Å². The molecule has 0 spiro atoms. The number of aryl methyl sites for hydroxylation is 2. The van der Waals surface area contributed by atoms with Crippen LogP contribution in [-0.2, 0) is 4.79 Å². The van der Waals surface area contributed by atoms with Crippen molar-refractivity contribution in [2.45, 2.75) is 13.8 Å². The quantitative estimate of drug-likeness (QED) is 0.710. The topological polar surface area (TPSA) is 66.9 Å². The minimum absolute atomic E-state index is 0.245. The van der Waals surface area contributed by atoms with Gasteiger partial charge in [-0.3, -0.25) is 4.79 Å². The molecule has 0 aliphatic rings. The molecule has 0 radical (unpaired) electrons. The van der Waals surface area contributed by atoms with Crippen molar-refractivity contribution in [3.63, 3.8) is 0 Å². The van der Waals surface area contributed by atoms with Crippen molar-refractivity contribution < 1.29 is 4.79 Å². The number of carbonyl (C=O) groups excluding carboxylic acids is 1. The predicted octanol–water partition coefficient (Wildman–Crippen LogP) is 4.11. The van der Waals surface area contributed by atoms with Crippen molar-refractivity contribution in [2.75, 3.05) is 10.6 Å². The summed E-state index contributed by atoms with van der Waals surface area (Å²) in [7, 11) is 0. The monoisotopic (exact) mass is 318 g/mol. The van der Waals surface area contributed by atoms with Crippen LogP contribution in [0.25, 0.3) is 10.9 Å². The first-order valence-electron chi connectivity index (χ1n) is 7.59. The highest BCUT2D eigenvalue weighted by atomic mass is 16.1. The Kier molecular flexibility index (Phi) is 4.24. The van der Waals surface area contributed by atoms with Crippen LogP contribution in [0.2, 0.25) is 0 Å². The summed E-state index contributed by atoms with van der Waals surface area (Å²) in [6, 6.07) is 11.6. The molecule has 2 aromatic carbocycles. The fourth-order valence-corrected chi connectivity index (χ4v) is 2.42. The van der Waals surface area contributed by atoms with E-state index in [1.165, 1.54) is 17.2 Å². The van der Waals surface area contributed by atoms with Gasteiger partial charge in [0.05, 0.1) is 5.52 Å². The Morgan fingerprint density at radius 2 is 1.83 bits per heavy atom. The molecule has 0 aliphatic carbocycles. The van der Waals surface area contributed by atoms with Crippen LogP contribution in [0, 0.1) is 13.8 Å². The number of benzene rings is 2. The van der Waals surface area contributed by atoms with Gasteiger partial charge in [-0.15, -0.1) is 0 Å². The molecule has 5 nitrogen and oxygen atoms in total. The van der Waals surface area contributed by atoms with E-state index in [-0.39, 0.29) is 5.91 Å². The van der Waals surface area contributed by atoms with Gasteiger partial charge < -0.3 is 10.6 Å². The molecule has 0 saturated heterocycles. The summed E-state index contributed by atoms with van der Waals surface area (Å²) in [5.41, 5.74) is 4.80. The number of hydrogen-bond acceptors (Lipinski definition) is 4. The first-order valence-corrected chi connectivity index (χ1v) is 7.59. The third-order valence-corrected chi connectivity index (χ3v) is 3.83. The minimum atomic E-state index is -0.245. The molecule has 0 unspecified atom stereocenters. The molecule has 0 aliphatic heterocycles. The summed E-state index contributed by atoms with van der Waals surface area (Å²) in [5.74, 6) is 0.487. The number of carbonyl (C=O) groups is 1. The lowest BCUT2D eigenvalue weighted by atomic mass is 10.1. The second-order valence-electron chi connectivity index (χ2n) is 5.58. The zero-order valence-corrected chi connectivity index (χ0v) is 13.6. The summed E-state index contributed by atoms with van der Waals surface area (Å²) >= 11 is 0. The van der Waals surface area contributed by atoms with Crippen LogP contribution in [0.4, 0.5) is 17.2 Å². The maximum absolute atomic E-state index is 11.4. The Balaban J connectivity index is 1.95. The standard InChI is InChI=1S/C19H18N4O/c1-4-18(24)22-14-6-5-7-15(10-14)23-19-16-8-12(2)13(3)9-17(16)20-11-21-19/h4-11H,1H2,2-3H3,(H,22,24)(H,20,21,23). The van der Waals surface area contributed by atoms with Crippen molar-refractivity contribution in [3.8, 4) is 0 Å². The molecule has 2 N–H and O–H groups in total. The lowest BCUT2D eigenvalue weighted by molar-refractivity contribution is -0.111. The van der Waals surface area contributed by atoms with Gasteiger partial charge in [-0.2, -0.15) is 0 Å². The molecule has 5 heteroatoms. The van der Waals surface area contributed by atoms with Gasteiger partial charge in [0, 0.05) is 16.8 Å². The molecule has 0 bridgehead atoms. The van der Waals surface area contributed by atoms with Gasteiger partial charge in [0.15, 0.2) is 0 Å². The summed E-state index contributed by atoms with van der Waals surface area (Å²) < 4.78 is 0. The summed E-state index contributed by atoms with van der Waals surface area (Å²) in [6.45, 7) is 7.58. The number of hydrogen-bond donors (Lipinski definition) is 2. The first-order chi connectivity index (χ1) is 11.6. The molecule has 0 atom stereocenters. The fourth-order valence-electron chi connectivity index (χ4n) is 2.42. The number of amides is 1. The molecule has 3 aromatic rings. The maximum atomic E-state index is 11.4. The molecule has 0 fully saturated rings. The lowest BCUT2D eigenvalue weighted by Crippen LogP contribution is -2.07. The zero-order valence-electron chi connectivity index (χ0n) is 13.6. The number of nitrogens with zero attached hydrogens (tertiary/aromatic N) is 2. The Hall–Kier alpha value is -3.21. The van der Waals surface area contributed by atoms with Crippen molar-refractivity contribution in [2.24, 2.45) is 0 Å². The Morgan fingerprint density at radius 1 is 1.08 bits per heavy atom. The molecule has 3 rings (SSSR count). The van der Waals surface area contributed by atoms with E-state index in [1.54, 1.807) is 6.33 Å². The van der Waals surface area contributed by atoms with Crippen LogP contribution in [0.15, 0.2) is 55.4 Å². The summed E-state index contributed by atoms with van der Waals surface area (Å²) in [6.07, 6.45) is 2.78. The third kappa shape index (κ3) is 3.25. The van der Waals surface area contributed by atoms with Crippen molar-refractivity contribution >= 4 is 34.0 Å². The highest BCUT2D eigenvalue weighted by Gasteiger charge is 2.07. The SMILES string of the molecule is C=CC(=O)Nc1cccc(Nc2ncnc3cc(C)c(C)cc23)c1. The van der Waals surface area contributed by atoms with E-state index >= 15 is 0 Å². The largest absolute Gasteiger partial charge is 0.340 e. The number of fused-ring (bicyclic) bond motifs is 1. The van der Waals surface area contributed by atoms with E-state index in [0.717, 1.165) is 22.4 Å². The van der Waals surface area contributed by atoms with Crippen molar-refractivity contribution in [1.29, 1.82) is 0 Å². The summed E-state index contributed by atoms with van der Waals surface area (Å²) in [5, 5.41) is 7.00. The van der Waals surface area contributed by atoms with Gasteiger partial charge in [0.25, 0.3) is 0 Å². The van der Waals surface area contributed by atoms with E-state index in [2.05, 4.69) is 53.2 Å². The van der Waals surface area contributed by atoms with Crippen LogP contribution < -0.4 is 10.6 Å². The van der Waals surface area contributed by atoms with E-state index in [1.807, 2.05) is 24.3 Å². The highest BCUT2D eigenvalue weighted by Crippen LogP contribution is 2.26. The number of nitrogens with one attached hydrogen (secondary N) is 2. The number of anilines is 3. The first kappa shape index (κ1) is 15.7. The number of aromatic nitrogens is 2. The lowest BCUT2D eigenvalue weighted by Gasteiger charge is -2.11. The summed E-state index contributed by atoms with van der Waals surface area (Å²) in [4.78, 5) is 20.1. The third-order valence-electron chi connectivity index (χ3n) is 3.83. The Labute approximate surface area is 140 Å². The van der Waals surface area contributed by atoms with Gasteiger partial charge in [-0.05, 0) is 61.4 Å². The molecule has 24 heavy (non-hydrogen) atoms. The minimum Gasteiger partial charge on any atom is -0.340 e. The van der Waals surface area contributed by atoms with Crippen LogP contribution in [0.1, 0.15) is 11.1 Å². The number of rotatable bonds is 4. The zero-order chi connectivity index (χ0) is 17.1. The van der Waals surface area contributed by atoms with Crippen LogP contribution in [-0.4, -0.2) is 15.9 Å². The van der Waals surface area contributed by atoms with Crippen molar-refractivity contribution in [1.82, 2.24) is 9.97 Å². The molecule has 120 valence electrons. The Bertz CT molecular complexity index is 934.